The summed E-state index contributed by atoms with van der Waals surface area (Å²) in [4.78, 5) is 23.0. The van der Waals surface area contributed by atoms with Crippen molar-refractivity contribution in [1.82, 2.24) is 5.32 Å². The topological polar surface area (TPSA) is 93.5 Å². The number of non-ortho nitro benzene ring substituents is 1. The Morgan fingerprint density at radius 3 is 2.52 bits per heavy atom. The van der Waals surface area contributed by atoms with Gasteiger partial charge in [0.2, 0.25) is 5.91 Å². The average Bonchev–Trinajstić information content (AvgIpc) is 2.73. The number of carbonyl (C=O) groups is 1. The summed E-state index contributed by atoms with van der Waals surface area (Å²) >= 11 is 0. The highest BCUT2D eigenvalue weighted by atomic mass is 16.6. The number of nitrogens with zero attached hydrogens (tertiary/aromatic N) is 1. The van der Waals surface area contributed by atoms with E-state index in [4.69, 9.17) is 4.74 Å². The van der Waals surface area contributed by atoms with E-state index < -0.39 is 11.0 Å². The fourth-order valence-electron chi connectivity index (χ4n) is 3.71. The Bertz CT molecular complexity index is 913. The van der Waals surface area contributed by atoms with Crippen molar-refractivity contribution in [1.29, 1.82) is 0 Å². The standard InChI is InChI=1S/C22H27N3O4/c1-14(17-9-8-16-6-4-5-7-18(16)12-17)23-15(2)22(26)24-20-11-10-19(25(27)28)13-21(20)29-3/h8-15,23H,4-7H2,1-3H3,(H,24,26)/t14-,15-/m0/s1. The van der Waals surface area contributed by atoms with Gasteiger partial charge in [-0.1, -0.05) is 18.2 Å². The Morgan fingerprint density at radius 1 is 1.10 bits per heavy atom. The molecule has 0 aliphatic heterocycles. The van der Waals surface area contributed by atoms with Crippen LogP contribution in [-0.2, 0) is 17.6 Å². The highest BCUT2D eigenvalue weighted by Crippen LogP contribution is 2.29. The van der Waals surface area contributed by atoms with E-state index in [1.807, 2.05) is 6.92 Å². The lowest BCUT2D eigenvalue weighted by molar-refractivity contribution is -0.384. The third kappa shape index (κ3) is 4.92. The maximum Gasteiger partial charge on any atom is 0.273 e. The van der Waals surface area contributed by atoms with Crippen LogP contribution in [0.1, 0.15) is 49.4 Å². The number of nitrogens with one attached hydrogen (secondary N) is 2. The molecule has 2 aromatic carbocycles. The second-order valence-corrected chi connectivity index (χ2v) is 7.48. The van der Waals surface area contributed by atoms with E-state index in [0.29, 0.717) is 5.69 Å². The monoisotopic (exact) mass is 397 g/mol. The number of anilines is 1. The second kappa shape index (κ2) is 9.05. The normalized spacial score (nSPS) is 15.1. The molecular weight excluding hydrogens is 370 g/mol. The van der Waals surface area contributed by atoms with Crippen molar-refractivity contribution in [2.24, 2.45) is 0 Å². The molecule has 0 radical (unpaired) electrons. The lowest BCUT2D eigenvalue weighted by Gasteiger charge is -2.23. The molecule has 3 rings (SSSR count). The van der Waals surface area contributed by atoms with Gasteiger partial charge in [0, 0.05) is 12.1 Å². The third-order valence-electron chi connectivity index (χ3n) is 5.42. The minimum Gasteiger partial charge on any atom is -0.494 e. The zero-order valence-electron chi connectivity index (χ0n) is 17.0. The van der Waals surface area contributed by atoms with E-state index in [1.165, 1.54) is 54.8 Å². The van der Waals surface area contributed by atoms with E-state index in [9.17, 15) is 14.9 Å². The average molecular weight is 397 g/mol. The number of nitro benzene ring substituents is 1. The number of ether oxygens (including phenoxy) is 1. The van der Waals surface area contributed by atoms with E-state index >= 15 is 0 Å². The molecule has 1 aliphatic carbocycles. The van der Waals surface area contributed by atoms with Gasteiger partial charge in [0.1, 0.15) is 5.75 Å². The molecule has 2 atom stereocenters. The predicted octanol–water partition coefficient (Wildman–Crippen LogP) is 4.16. The first-order valence-corrected chi connectivity index (χ1v) is 9.90. The van der Waals surface area contributed by atoms with E-state index in [2.05, 4.69) is 28.8 Å². The summed E-state index contributed by atoms with van der Waals surface area (Å²) in [6.45, 7) is 3.84. The van der Waals surface area contributed by atoms with Gasteiger partial charge in [-0.25, -0.2) is 0 Å². The Kier molecular flexibility index (Phi) is 6.49. The first-order valence-electron chi connectivity index (χ1n) is 9.90. The van der Waals surface area contributed by atoms with Crippen LogP contribution in [0, 0.1) is 10.1 Å². The Morgan fingerprint density at radius 2 is 1.83 bits per heavy atom. The van der Waals surface area contributed by atoms with Crippen LogP contribution in [0.2, 0.25) is 0 Å². The molecule has 2 N–H and O–H groups in total. The zero-order valence-corrected chi connectivity index (χ0v) is 17.0. The molecule has 29 heavy (non-hydrogen) atoms. The quantitative estimate of drug-likeness (QED) is 0.540. The number of nitro groups is 1. The van der Waals surface area contributed by atoms with Gasteiger partial charge >= 0.3 is 0 Å². The van der Waals surface area contributed by atoms with Gasteiger partial charge in [-0.2, -0.15) is 0 Å². The smallest absolute Gasteiger partial charge is 0.273 e. The first-order chi connectivity index (χ1) is 13.9. The maximum atomic E-state index is 12.6. The predicted molar refractivity (Wildman–Crippen MR) is 112 cm³/mol. The van der Waals surface area contributed by atoms with E-state index in [-0.39, 0.29) is 23.4 Å². The van der Waals surface area contributed by atoms with Crippen molar-refractivity contribution < 1.29 is 14.5 Å². The molecular formula is C22H27N3O4. The fourth-order valence-corrected chi connectivity index (χ4v) is 3.71. The molecule has 0 unspecified atom stereocenters. The van der Waals surface area contributed by atoms with Gasteiger partial charge in [-0.15, -0.1) is 0 Å². The molecule has 1 amide bonds. The largest absolute Gasteiger partial charge is 0.494 e. The van der Waals surface area contributed by atoms with Gasteiger partial charge in [0.25, 0.3) is 5.69 Å². The Hall–Kier alpha value is -2.93. The molecule has 0 saturated carbocycles. The summed E-state index contributed by atoms with van der Waals surface area (Å²) in [6, 6.07) is 10.3. The summed E-state index contributed by atoms with van der Waals surface area (Å²) in [5.74, 6) is 0.0180. The number of amides is 1. The van der Waals surface area contributed by atoms with Crippen molar-refractivity contribution in [3.63, 3.8) is 0 Å². The van der Waals surface area contributed by atoms with Crippen LogP contribution in [0.5, 0.6) is 5.75 Å². The molecule has 2 aromatic rings. The van der Waals surface area contributed by atoms with Crippen LogP contribution in [0.25, 0.3) is 0 Å². The number of carbonyl (C=O) groups excluding carboxylic acids is 1. The molecule has 7 nitrogen and oxygen atoms in total. The lowest BCUT2D eigenvalue weighted by Crippen LogP contribution is -2.39. The van der Waals surface area contributed by atoms with Crippen LogP contribution >= 0.6 is 0 Å². The van der Waals surface area contributed by atoms with Gasteiger partial charge in [-0.05, 0) is 62.3 Å². The van der Waals surface area contributed by atoms with Crippen LogP contribution < -0.4 is 15.4 Å². The Labute approximate surface area is 170 Å². The zero-order chi connectivity index (χ0) is 21.0. The van der Waals surface area contributed by atoms with Crippen molar-refractivity contribution in [2.45, 2.75) is 51.6 Å². The molecule has 0 fully saturated rings. The third-order valence-corrected chi connectivity index (χ3v) is 5.42. The van der Waals surface area contributed by atoms with Crippen LogP contribution in [-0.4, -0.2) is 24.0 Å². The molecule has 0 aromatic heterocycles. The molecule has 7 heteroatoms. The van der Waals surface area contributed by atoms with E-state index in [0.717, 1.165) is 12.8 Å². The highest BCUT2D eigenvalue weighted by molar-refractivity contribution is 5.96. The minimum atomic E-state index is -0.501. The SMILES string of the molecule is COc1cc([N+](=O)[O-])ccc1NC(=O)[C@H](C)N[C@@H](C)c1ccc2c(c1)CCCC2. The minimum absolute atomic E-state index is 0.0155. The summed E-state index contributed by atoms with van der Waals surface area (Å²) in [5.41, 5.74) is 4.32. The number of benzene rings is 2. The van der Waals surface area contributed by atoms with Crippen molar-refractivity contribution >= 4 is 17.3 Å². The van der Waals surface area contributed by atoms with Crippen molar-refractivity contribution in [2.75, 3.05) is 12.4 Å². The summed E-state index contributed by atoms with van der Waals surface area (Å²) in [5, 5.41) is 17.0. The number of methoxy groups -OCH3 is 1. The van der Waals surface area contributed by atoms with Crippen LogP contribution in [0.4, 0.5) is 11.4 Å². The molecule has 0 saturated heterocycles. The lowest BCUT2D eigenvalue weighted by atomic mass is 9.89. The fraction of sp³-hybridized carbons (Fsp3) is 0.409. The van der Waals surface area contributed by atoms with Gasteiger partial charge < -0.3 is 10.1 Å². The Balaban J connectivity index is 1.65. The molecule has 0 spiro atoms. The van der Waals surface area contributed by atoms with Crippen molar-refractivity contribution in [3.05, 3.63) is 63.2 Å². The van der Waals surface area contributed by atoms with Crippen molar-refractivity contribution in [3.8, 4) is 5.75 Å². The van der Waals surface area contributed by atoms with Gasteiger partial charge in [0.05, 0.1) is 29.8 Å². The number of hydrogen-bond acceptors (Lipinski definition) is 5. The summed E-state index contributed by atoms with van der Waals surface area (Å²) in [6.07, 6.45) is 4.75. The molecule has 154 valence electrons. The van der Waals surface area contributed by atoms with Gasteiger partial charge in [0.15, 0.2) is 0 Å². The molecule has 1 aliphatic rings. The number of aryl methyl sites for hydroxylation is 2. The second-order valence-electron chi connectivity index (χ2n) is 7.48. The highest BCUT2D eigenvalue weighted by Gasteiger charge is 2.20. The number of fused-ring (bicyclic) bond motifs is 1. The first kappa shape index (κ1) is 20.8. The maximum absolute atomic E-state index is 12.6. The molecule has 0 bridgehead atoms. The van der Waals surface area contributed by atoms with Gasteiger partial charge in [-0.3, -0.25) is 20.2 Å². The summed E-state index contributed by atoms with van der Waals surface area (Å²) < 4.78 is 5.18. The summed E-state index contributed by atoms with van der Waals surface area (Å²) in [7, 11) is 1.41. The van der Waals surface area contributed by atoms with E-state index in [1.54, 1.807) is 6.92 Å². The van der Waals surface area contributed by atoms with Crippen LogP contribution in [0.15, 0.2) is 36.4 Å². The van der Waals surface area contributed by atoms with Crippen LogP contribution in [0.3, 0.4) is 0 Å². The molecule has 0 heterocycles. The number of hydrogen-bond donors (Lipinski definition) is 2. The number of rotatable bonds is 7.